The van der Waals surface area contributed by atoms with Crippen molar-refractivity contribution in [3.05, 3.63) is 16.9 Å². The van der Waals surface area contributed by atoms with Crippen molar-refractivity contribution in [2.24, 2.45) is 10.9 Å². The van der Waals surface area contributed by atoms with E-state index in [1.165, 1.54) is 11.3 Å². The molecule has 2 heterocycles. The lowest BCUT2D eigenvalue weighted by Gasteiger charge is -2.18. The number of carbonyl (C=O) groups is 1. The lowest BCUT2D eigenvalue weighted by atomic mass is 10.2. The van der Waals surface area contributed by atoms with Gasteiger partial charge in [-0.15, -0.1) is 0 Å². The zero-order valence-electron chi connectivity index (χ0n) is 13.1. The van der Waals surface area contributed by atoms with Gasteiger partial charge in [-0.2, -0.15) is 4.99 Å². The van der Waals surface area contributed by atoms with Crippen LogP contribution in [0.4, 0.5) is 0 Å². The van der Waals surface area contributed by atoms with Crippen LogP contribution in [0.1, 0.15) is 27.2 Å². The second-order valence-electron chi connectivity index (χ2n) is 5.60. The first kappa shape index (κ1) is 15.1. The predicted octanol–water partition coefficient (Wildman–Crippen LogP) is 2.97. The van der Waals surface area contributed by atoms with Crippen molar-refractivity contribution < 1.29 is 14.3 Å². The maximum atomic E-state index is 12.0. The quantitative estimate of drug-likeness (QED) is 0.873. The number of aromatic nitrogens is 1. The van der Waals surface area contributed by atoms with Gasteiger partial charge >= 0.3 is 0 Å². The minimum atomic E-state index is -0.0971. The highest BCUT2D eigenvalue weighted by Crippen LogP contribution is 2.35. The lowest BCUT2D eigenvalue weighted by molar-refractivity contribution is -0.120. The summed E-state index contributed by atoms with van der Waals surface area (Å²) in [5.74, 6) is 1.35. The van der Waals surface area contributed by atoms with Crippen LogP contribution in [0.5, 0.6) is 11.5 Å². The standard InChI is InChI=1S/C16H20N2O3S/c1-4-5-18-11-8-12-13(21-7-6-20-12)9-14(11)22-16(18)17-15(19)10(2)3/h8-10H,4-7H2,1-3H3. The van der Waals surface area contributed by atoms with Crippen LogP contribution >= 0.6 is 11.3 Å². The van der Waals surface area contributed by atoms with Gasteiger partial charge in [0.05, 0.1) is 10.2 Å². The first-order valence-corrected chi connectivity index (χ1v) is 8.43. The third-order valence-corrected chi connectivity index (χ3v) is 4.53. The van der Waals surface area contributed by atoms with E-state index in [1.54, 1.807) is 0 Å². The van der Waals surface area contributed by atoms with E-state index in [0.717, 1.165) is 39.5 Å². The van der Waals surface area contributed by atoms with Crippen molar-refractivity contribution in [1.82, 2.24) is 4.57 Å². The van der Waals surface area contributed by atoms with Crippen LogP contribution in [0, 0.1) is 5.92 Å². The number of rotatable bonds is 3. The number of benzene rings is 1. The van der Waals surface area contributed by atoms with Crippen molar-refractivity contribution in [2.75, 3.05) is 13.2 Å². The van der Waals surface area contributed by atoms with Gasteiger partial charge in [0.2, 0.25) is 0 Å². The highest BCUT2D eigenvalue weighted by molar-refractivity contribution is 7.16. The Bertz CT molecular complexity index is 774. The maximum Gasteiger partial charge on any atom is 0.250 e. The molecule has 1 aromatic carbocycles. The van der Waals surface area contributed by atoms with Gasteiger partial charge in [0.15, 0.2) is 16.3 Å². The number of thiazole rings is 1. The Hall–Kier alpha value is -1.82. The summed E-state index contributed by atoms with van der Waals surface area (Å²) in [4.78, 5) is 17.0. The smallest absolute Gasteiger partial charge is 0.250 e. The number of fused-ring (bicyclic) bond motifs is 2. The molecule has 3 rings (SSSR count). The average molecular weight is 320 g/mol. The Morgan fingerprint density at radius 3 is 2.64 bits per heavy atom. The van der Waals surface area contributed by atoms with E-state index in [9.17, 15) is 4.79 Å². The number of nitrogens with zero attached hydrogens (tertiary/aromatic N) is 2. The monoisotopic (exact) mass is 320 g/mol. The fourth-order valence-corrected chi connectivity index (χ4v) is 3.43. The van der Waals surface area contributed by atoms with Gasteiger partial charge in [-0.3, -0.25) is 4.79 Å². The summed E-state index contributed by atoms with van der Waals surface area (Å²) in [6.45, 7) is 7.81. The van der Waals surface area contributed by atoms with Gasteiger partial charge in [0.1, 0.15) is 13.2 Å². The molecule has 2 aromatic rings. The summed E-state index contributed by atoms with van der Waals surface area (Å²) < 4.78 is 14.5. The molecular formula is C16H20N2O3S. The molecule has 6 heteroatoms. The van der Waals surface area contributed by atoms with Crippen molar-refractivity contribution in [3.63, 3.8) is 0 Å². The second kappa shape index (κ2) is 6.12. The molecule has 0 N–H and O–H groups in total. The van der Waals surface area contributed by atoms with Gasteiger partial charge in [-0.1, -0.05) is 32.1 Å². The van der Waals surface area contributed by atoms with E-state index in [-0.39, 0.29) is 11.8 Å². The van der Waals surface area contributed by atoms with E-state index in [4.69, 9.17) is 9.47 Å². The van der Waals surface area contributed by atoms with Crippen LogP contribution in [0.2, 0.25) is 0 Å². The first-order chi connectivity index (χ1) is 10.6. The number of amides is 1. The molecular weight excluding hydrogens is 300 g/mol. The number of ether oxygens (including phenoxy) is 2. The fraction of sp³-hybridized carbons (Fsp3) is 0.500. The van der Waals surface area contributed by atoms with Crippen molar-refractivity contribution in [3.8, 4) is 11.5 Å². The molecule has 118 valence electrons. The summed E-state index contributed by atoms with van der Waals surface area (Å²) >= 11 is 1.52. The van der Waals surface area contributed by atoms with E-state index in [2.05, 4.69) is 16.5 Å². The van der Waals surface area contributed by atoms with Crippen LogP contribution in [-0.2, 0) is 11.3 Å². The highest BCUT2D eigenvalue weighted by atomic mass is 32.1. The van der Waals surface area contributed by atoms with Crippen molar-refractivity contribution in [1.29, 1.82) is 0 Å². The molecule has 1 aromatic heterocycles. The van der Waals surface area contributed by atoms with Gasteiger partial charge < -0.3 is 14.0 Å². The zero-order chi connectivity index (χ0) is 15.7. The molecule has 0 aliphatic carbocycles. The fourth-order valence-electron chi connectivity index (χ4n) is 2.35. The second-order valence-corrected chi connectivity index (χ2v) is 6.61. The van der Waals surface area contributed by atoms with Gasteiger partial charge in [0.25, 0.3) is 5.91 Å². The minimum Gasteiger partial charge on any atom is -0.486 e. The highest BCUT2D eigenvalue weighted by Gasteiger charge is 2.16. The topological polar surface area (TPSA) is 52.8 Å². The average Bonchev–Trinajstić information content (AvgIpc) is 2.82. The summed E-state index contributed by atoms with van der Waals surface area (Å²) in [6, 6.07) is 3.98. The molecule has 0 saturated carbocycles. The largest absolute Gasteiger partial charge is 0.486 e. The van der Waals surface area contributed by atoms with Crippen molar-refractivity contribution >= 4 is 27.5 Å². The van der Waals surface area contributed by atoms with Crippen molar-refractivity contribution in [2.45, 2.75) is 33.7 Å². The van der Waals surface area contributed by atoms with Crippen LogP contribution in [0.15, 0.2) is 17.1 Å². The molecule has 0 fully saturated rings. The molecule has 1 amide bonds. The van der Waals surface area contributed by atoms with Crippen LogP contribution in [-0.4, -0.2) is 23.7 Å². The van der Waals surface area contributed by atoms with Crippen LogP contribution in [0.25, 0.3) is 10.2 Å². The molecule has 0 atom stereocenters. The van der Waals surface area contributed by atoms with E-state index < -0.39 is 0 Å². The summed E-state index contributed by atoms with van der Waals surface area (Å²) in [7, 11) is 0. The zero-order valence-corrected chi connectivity index (χ0v) is 13.9. The van der Waals surface area contributed by atoms with Gasteiger partial charge in [-0.25, -0.2) is 0 Å². The van der Waals surface area contributed by atoms with Crippen LogP contribution in [0.3, 0.4) is 0 Å². The molecule has 0 unspecified atom stereocenters. The van der Waals surface area contributed by atoms with E-state index in [1.807, 2.05) is 26.0 Å². The first-order valence-electron chi connectivity index (χ1n) is 7.61. The van der Waals surface area contributed by atoms with E-state index >= 15 is 0 Å². The van der Waals surface area contributed by atoms with Gasteiger partial charge in [0, 0.05) is 24.6 Å². The number of hydrogen-bond acceptors (Lipinski definition) is 4. The SMILES string of the molecule is CCCn1c(=NC(=O)C(C)C)sc2cc3c(cc21)OCCO3. The molecule has 0 bridgehead atoms. The van der Waals surface area contributed by atoms with Gasteiger partial charge in [-0.05, 0) is 6.42 Å². The summed E-state index contributed by atoms with van der Waals surface area (Å²) in [6.07, 6.45) is 0.976. The molecule has 0 spiro atoms. The summed E-state index contributed by atoms with van der Waals surface area (Å²) in [5.41, 5.74) is 1.05. The molecule has 1 aliphatic heterocycles. The molecule has 0 saturated heterocycles. The minimum absolute atomic E-state index is 0.0892. The lowest BCUT2D eigenvalue weighted by Crippen LogP contribution is -2.19. The Morgan fingerprint density at radius 1 is 1.32 bits per heavy atom. The third-order valence-electron chi connectivity index (χ3n) is 3.49. The Balaban J connectivity index is 2.20. The number of carbonyl (C=O) groups excluding carboxylic acids is 1. The van der Waals surface area contributed by atoms with Crippen LogP contribution < -0.4 is 14.3 Å². The molecule has 0 radical (unpaired) electrons. The normalized spacial score (nSPS) is 14.8. The maximum absolute atomic E-state index is 12.0. The molecule has 1 aliphatic rings. The third kappa shape index (κ3) is 2.75. The van der Waals surface area contributed by atoms with E-state index in [0.29, 0.717) is 13.2 Å². The molecule has 22 heavy (non-hydrogen) atoms. The summed E-state index contributed by atoms with van der Waals surface area (Å²) in [5, 5.41) is 0. The number of hydrogen-bond donors (Lipinski definition) is 0. The molecule has 5 nitrogen and oxygen atoms in total. The Labute approximate surface area is 133 Å². The Morgan fingerprint density at radius 2 is 2.00 bits per heavy atom. The Kier molecular flexibility index (Phi) is 4.20. The number of aryl methyl sites for hydroxylation is 1. The predicted molar refractivity (Wildman–Crippen MR) is 86.5 cm³/mol.